The number of ether oxygens (including phenoxy) is 2. The number of hydrogen-bond acceptors (Lipinski definition) is 4. The highest BCUT2D eigenvalue weighted by molar-refractivity contribution is 5.71. The van der Waals surface area contributed by atoms with Gasteiger partial charge >= 0.3 is 5.97 Å². The number of carbonyl (C=O) groups is 1. The maximum absolute atomic E-state index is 11.7. The molecule has 15 heavy (non-hydrogen) atoms. The van der Waals surface area contributed by atoms with E-state index in [-0.39, 0.29) is 11.5 Å². The van der Waals surface area contributed by atoms with E-state index in [1.54, 1.807) is 0 Å². The fourth-order valence-corrected chi connectivity index (χ4v) is 1.69. The van der Waals surface area contributed by atoms with Gasteiger partial charge in [0.15, 0.2) is 0 Å². The molecule has 1 heterocycles. The summed E-state index contributed by atoms with van der Waals surface area (Å²) in [6, 6.07) is 0. The van der Waals surface area contributed by atoms with Gasteiger partial charge in [0.2, 0.25) is 0 Å². The van der Waals surface area contributed by atoms with Gasteiger partial charge in [0.1, 0.15) is 5.60 Å². The Morgan fingerprint density at radius 1 is 1.53 bits per heavy atom. The zero-order chi connectivity index (χ0) is 11.5. The summed E-state index contributed by atoms with van der Waals surface area (Å²) in [7, 11) is 1.86. The third-order valence-corrected chi connectivity index (χ3v) is 2.54. The molecule has 0 aromatic carbocycles. The molecular weight excluding hydrogens is 194 g/mol. The van der Waals surface area contributed by atoms with Crippen molar-refractivity contribution in [3.8, 4) is 0 Å². The van der Waals surface area contributed by atoms with Crippen molar-refractivity contribution in [3.63, 3.8) is 0 Å². The molecule has 1 N–H and O–H groups in total. The van der Waals surface area contributed by atoms with Crippen LogP contribution >= 0.6 is 0 Å². The van der Waals surface area contributed by atoms with Gasteiger partial charge in [-0.15, -0.1) is 0 Å². The van der Waals surface area contributed by atoms with Gasteiger partial charge in [-0.1, -0.05) is 0 Å². The van der Waals surface area contributed by atoms with Crippen LogP contribution in [0.25, 0.3) is 0 Å². The minimum Gasteiger partial charge on any atom is -0.460 e. The minimum atomic E-state index is -0.411. The van der Waals surface area contributed by atoms with Crippen LogP contribution in [0.4, 0.5) is 0 Å². The van der Waals surface area contributed by atoms with Crippen LogP contribution < -0.4 is 5.32 Å². The van der Waals surface area contributed by atoms with Crippen LogP contribution in [0.3, 0.4) is 0 Å². The monoisotopic (exact) mass is 215 g/mol. The molecule has 4 heteroatoms. The van der Waals surface area contributed by atoms with Crippen molar-refractivity contribution >= 4 is 5.97 Å². The summed E-state index contributed by atoms with van der Waals surface area (Å²) in [5.41, 5.74) is -0.631. The zero-order valence-electron chi connectivity index (χ0n) is 10.1. The molecule has 0 bridgehead atoms. The van der Waals surface area contributed by atoms with Gasteiger partial charge in [-0.25, -0.2) is 0 Å². The van der Waals surface area contributed by atoms with E-state index in [1.165, 1.54) is 0 Å². The van der Waals surface area contributed by atoms with E-state index in [9.17, 15) is 4.79 Å². The van der Waals surface area contributed by atoms with Gasteiger partial charge in [0.25, 0.3) is 0 Å². The Kier molecular flexibility index (Phi) is 3.73. The van der Waals surface area contributed by atoms with Crippen molar-refractivity contribution in [1.82, 2.24) is 5.32 Å². The second kappa shape index (κ2) is 4.49. The Bertz CT molecular complexity index is 226. The molecule has 0 spiro atoms. The number of carbonyl (C=O) groups excluding carboxylic acids is 1. The summed E-state index contributed by atoms with van der Waals surface area (Å²) in [4.78, 5) is 11.7. The average Bonchev–Trinajstić information content (AvgIpc) is 2.50. The smallest absolute Gasteiger partial charge is 0.308 e. The normalized spacial score (nSPS) is 26.7. The van der Waals surface area contributed by atoms with E-state index >= 15 is 0 Å². The number of nitrogens with one attached hydrogen (secondary N) is 1. The van der Waals surface area contributed by atoms with Gasteiger partial charge in [0.05, 0.1) is 18.6 Å². The average molecular weight is 215 g/mol. The van der Waals surface area contributed by atoms with Crippen LogP contribution in [0.1, 0.15) is 33.6 Å². The summed E-state index contributed by atoms with van der Waals surface area (Å²) < 4.78 is 10.6. The highest BCUT2D eigenvalue weighted by Gasteiger charge is 2.36. The topological polar surface area (TPSA) is 47.6 Å². The Hall–Kier alpha value is -0.610. The van der Waals surface area contributed by atoms with Crippen molar-refractivity contribution in [2.45, 2.75) is 44.8 Å². The minimum absolute atomic E-state index is 0.164. The van der Waals surface area contributed by atoms with Crippen molar-refractivity contribution in [3.05, 3.63) is 0 Å². The first-order valence-electron chi connectivity index (χ1n) is 5.35. The fraction of sp³-hybridized carbons (Fsp3) is 0.909. The maximum Gasteiger partial charge on any atom is 0.308 e. The molecule has 1 rings (SSSR count). The first kappa shape index (κ1) is 12.5. The Labute approximate surface area is 91.3 Å². The number of hydrogen-bond donors (Lipinski definition) is 1. The zero-order valence-corrected chi connectivity index (χ0v) is 10.1. The maximum atomic E-state index is 11.7. The lowest BCUT2D eigenvalue weighted by Crippen LogP contribution is -2.46. The van der Waals surface area contributed by atoms with E-state index in [0.29, 0.717) is 19.6 Å². The summed E-state index contributed by atoms with van der Waals surface area (Å²) in [6.07, 6.45) is 1.24. The number of rotatable bonds is 3. The van der Waals surface area contributed by atoms with Crippen molar-refractivity contribution in [2.24, 2.45) is 0 Å². The molecule has 88 valence electrons. The molecule has 1 atom stereocenters. The Morgan fingerprint density at radius 2 is 2.20 bits per heavy atom. The summed E-state index contributed by atoms with van der Waals surface area (Å²) in [6.45, 7) is 6.93. The van der Waals surface area contributed by atoms with Crippen molar-refractivity contribution in [1.29, 1.82) is 0 Å². The molecule has 0 radical (unpaired) electrons. The molecule has 1 saturated heterocycles. The summed E-state index contributed by atoms with van der Waals surface area (Å²) in [5.74, 6) is -0.164. The molecule has 0 aromatic heterocycles. The number of likely N-dealkylation sites (N-methyl/N-ethyl adjacent to an activating group) is 1. The molecule has 1 aliphatic rings. The van der Waals surface area contributed by atoms with E-state index in [0.717, 1.165) is 6.42 Å². The standard InChI is InChI=1S/C11H21NO3/c1-10(2,3)15-9(13)7-11(12-4)5-6-14-8-11/h12H,5-8H2,1-4H3. The molecule has 1 fully saturated rings. The molecule has 0 amide bonds. The quantitative estimate of drug-likeness (QED) is 0.716. The van der Waals surface area contributed by atoms with E-state index < -0.39 is 5.60 Å². The molecular formula is C11H21NO3. The first-order valence-corrected chi connectivity index (χ1v) is 5.35. The van der Waals surface area contributed by atoms with Crippen molar-refractivity contribution in [2.75, 3.05) is 20.3 Å². The predicted molar refractivity (Wildman–Crippen MR) is 57.7 cm³/mol. The van der Waals surface area contributed by atoms with E-state index in [1.807, 2.05) is 27.8 Å². The van der Waals surface area contributed by atoms with Gasteiger partial charge in [-0.3, -0.25) is 4.79 Å². The third kappa shape index (κ3) is 3.80. The highest BCUT2D eigenvalue weighted by Crippen LogP contribution is 2.23. The van der Waals surface area contributed by atoms with Gasteiger partial charge in [0, 0.05) is 6.61 Å². The lowest BCUT2D eigenvalue weighted by molar-refractivity contribution is -0.156. The first-order chi connectivity index (χ1) is 6.87. The van der Waals surface area contributed by atoms with Crippen LogP contribution in [-0.4, -0.2) is 37.4 Å². The SMILES string of the molecule is CNC1(CC(=O)OC(C)(C)C)CCOC1. The molecule has 4 nitrogen and oxygen atoms in total. The van der Waals surface area contributed by atoms with E-state index in [2.05, 4.69) is 5.32 Å². The molecule has 1 aliphatic heterocycles. The summed E-state index contributed by atoms with van der Waals surface area (Å²) >= 11 is 0. The number of esters is 1. The fourth-order valence-electron chi connectivity index (χ4n) is 1.69. The van der Waals surface area contributed by atoms with Crippen LogP contribution in [-0.2, 0) is 14.3 Å². The molecule has 1 unspecified atom stereocenters. The van der Waals surface area contributed by atoms with Crippen LogP contribution in [0.15, 0.2) is 0 Å². The van der Waals surface area contributed by atoms with Crippen LogP contribution in [0.5, 0.6) is 0 Å². The molecule has 0 saturated carbocycles. The second-order valence-corrected chi connectivity index (χ2v) is 5.10. The highest BCUT2D eigenvalue weighted by atomic mass is 16.6. The lowest BCUT2D eigenvalue weighted by Gasteiger charge is -2.28. The van der Waals surface area contributed by atoms with E-state index in [4.69, 9.17) is 9.47 Å². The van der Waals surface area contributed by atoms with Crippen LogP contribution in [0, 0.1) is 0 Å². The largest absolute Gasteiger partial charge is 0.460 e. The van der Waals surface area contributed by atoms with Crippen molar-refractivity contribution < 1.29 is 14.3 Å². The molecule has 0 aromatic rings. The Morgan fingerprint density at radius 3 is 2.60 bits per heavy atom. The second-order valence-electron chi connectivity index (χ2n) is 5.10. The lowest BCUT2D eigenvalue weighted by atomic mass is 9.94. The van der Waals surface area contributed by atoms with Crippen LogP contribution in [0.2, 0.25) is 0 Å². The third-order valence-electron chi connectivity index (χ3n) is 2.54. The Balaban J connectivity index is 2.49. The van der Waals surface area contributed by atoms with Gasteiger partial charge in [-0.05, 0) is 34.2 Å². The summed E-state index contributed by atoms with van der Waals surface area (Å²) in [5, 5.41) is 3.17. The predicted octanol–water partition coefficient (Wildman–Crippen LogP) is 1.10. The van der Waals surface area contributed by atoms with Gasteiger partial charge < -0.3 is 14.8 Å². The van der Waals surface area contributed by atoms with Gasteiger partial charge in [-0.2, -0.15) is 0 Å². The molecule has 0 aliphatic carbocycles.